The Morgan fingerprint density at radius 1 is 1.21 bits per heavy atom. The zero-order chi connectivity index (χ0) is 18.1. The largest absolute Gasteiger partial charge is 0.475 e. The zero-order valence-corrected chi connectivity index (χ0v) is 14.4. The molecule has 0 aliphatic heterocycles. The maximum Gasteiger partial charge on any atom is 0.412 e. The molecule has 1 heterocycles. The molecule has 0 aliphatic rings. The average Bonchev–Trinajstić information content (AvgIpc) is 2.74. The summed E-state index contributed by atoms with van der Waals surface area (Å²) >= 11 is 0. The highest BCUT2D eigenvalue weighted by Gasteiger charge is 2.18. The first kappa shape index (κ1) is 17.5. The van der Waals surface area contributed by atoms with Gasteiger partial charge in [-0.15, -0.1) is 0 Å². The lowest BCUT2D eigenvalue weighted by atomic mass is 10.1. The highest BCUT2D eigenvalue weighted by atomic mass is 16.6. The van der Waals surface area contributed by atoms with Gasteiger partial charge in [0.05, 0.1) is 5.69 Å². The molecule has 0 saturated heterocycles. The fourth-order valence-electron chi connectivity index (χ4n) is 2.18. The van der Waals surface area contributed by atoms with Crippen LogP contribution in [0.1, 0.15) is 37.1 Å². The van der Waals surface area contributed by atoms with E-state index >= 15 is 0 Å². The third kappa shape index (κ3) is 3.92. The quantitative estimate of drug-likeness (QED) is 0.898. The topological polar surface area (TPSA) is 93.4 Å². The predicted molar refractivity (Wildman–Crippen MR) is 90.2 cm³/mol. The second kappa shape index (κ2) is 6.35. The molecule has 24 heavy (non-hydrogen) atoms. The molecule has 0 atom stereocenters. The van der Waals surface area contributed by atoms with Gasteiger partial charge in [0.1, 0.15) is 5.60 Å². The van der Waals surface area contributed by atoms with E-state index in [9.17, 15) is 9.59 Å². The molecule has 2 N–H and O–H groups in total. The first-order chi connectivity index (χ1) is 11.1. The molecule has 2 aromatic rings. The van der Waals surface area contributed by atoms with Gasteiger partial charge in [0.15, 0.2) is 0 Å². The molecule has 7 nitrogen and oxygen atoms in total. The van der Waals surface area contributed by atoms with Crippen molar-refractivity contribution in [1.82, 2.24) is 9.55 Å². The first-order valence-electron chi connectivity index (χ1n) is 7.45. The zero-order valence-electron chi connectivity index (χ0n) is 14.4. The van der Waals surface area contributed by atoms with Crippen molar-refractivity contribution in [3.8, 4) is 11.3 Å². The van der Waals surface area contributed by atoms with Gasteiger partial charge >= 0.3 is 12.1 Å². The lowest BCUT2D eigenvalue weighted by Gasteiger charge is -2.19. The third-order valence-corrected chi connectivity index (χ3v) is 3.38. The molecule has 1 amide bonds. The van der Waals surface area contributed by atoms with Crippen LogP contribution in [0.25, 0.3) is 11.3 Å². The van der Waals surface area contributed by atoms with E-state index in [0.717, 1.165) is 11.3 Å². The summed E-state index contributed by atoms with van der Waals surface area (Å²) in [5, 5.41) is 11.8. The lowest BCUT2D eigenvalue weighted by Crippen LogP contribution is -2.27. The number of hydrogen-bond donors (Lipinski definition) is 2. The Kier molecular flexibility index (Phi) is 4.64. The number of amides is 1. The molecule has 7 heteroatoms. The van der Waals surface area contributed by atoms with Crippen molar-refractivity contribution in [2.45, 2.75) is 33.3 Å². The van der Waals surface area contributed by atoms with Gasteiger partial charge in [-0.25, -0.2) is 14.6 Å². The summed E-state index contributed by atoms with van der Waals surface area (Å²) in [5.74, 6) is -1.09. The number of ether oxygens (including phenoxy) is 1. The highest BCUT2D eigenvalue weighted by Crippen LogP contribution is 2.25. The Bertz CT molecular complexity index is 770. The van der Waals surface area contributed by atoms with Gasteiger partial charge in [0.25, 0.3) is 0 Å². The van der Waals surface area contributed by atoms with Gasteiger partial charge in [0.2, 0.25) is 5.82 Å². The van der Waals surface area contributed by atoms with Crippen LogP contribution >= 0.6 is 0 Å². The lowest BCUT2D eigenvalue weighted by molar-refractivity contribution is 0.0633. The van der Waals surface area contributed by atoms with Crippen LogP contribution in [0.15, 0.2) is 24.3 Å². The Labute approximate surface area is 140 Å². The maximum atomic E-state index is 11.7. The Morgan fingerprint density at radius 3 is 2.25 bits per heavy atom. The number of anilines is 1. The summed E-state index contributed by atoms with van der Waals surface area (Å²) in [7, 11) is 1.66. The van der Waals surface area contributed by atoms with Crippen LogP contribution in [0.4, 0.5) is 10.5 Å². The van der Waals surface area contributed by atoms with Gasteiger partial charge in [0, 0.05) is 24.0 Å². The number of aromatic nitrogens is 2. The number of nitrogens with one attached hydrogen (secondary N) is 1. The van der Waals surface area contributed by atoms with E-state index in [2.05, 4.69) is 10.3 Å². The fraction of sp³-hybridized carbons (Fsp3) is 0.353. The number of carbonyl (C=O) groups is 2. The van der Waals surface area contributed by atoms with Crippen LogP contribution in [0, 0.1) is 6.92 Å². The highest BCUT2D eigenvalue weighted by molar-refractivity contribution is 5.86. The van der Waals surface area contributed by atoms with Crippen molar-refractivity contribution >= 4 is 17.7 Å². The smallest absolute Gasteiger partial charge is 0.412 e. The number of imidazole rings is 1. The molecule has 1 aromatic carbocycles. The summed E-state index contributed by atoms with van der Waals surface area (Å²) in [6.07, 6.45) is -0.530. The number of carbonyl (C=O) groups excluding carboxylic acids is 1. The van der Waals surface area contributed by atoms with Crippen molar-refractivity contribution in [3.05, 3.63) is 35.8 Å². The SMILES string of the molecule is Cc1c(-c2ccc(NC(=O)OC(C)(C)C)cc2)nc(C(=O)O)n1C. The number of hydrogen-bond acceptors (Lipinski definition) is 4. The maximum absolute atomic E-state index is 11.7. The molecule has 128 valence electrons. The minimum Gasteiger partial charge on any atom is -0.475 e. The molecule has 0 saturated carbocycles. The normalized spacial score (nSPS) is 11.2. The van der Waals surface area contributed by atoms with Gasteiger partial charge < -0.3 is 14.4 Å². The van der Waals surface area contributed by atoms with E-state index in [1.807, 2.05) is 6.92 Å². The van der Waals surface area contributed by atoms with Crippen LogP contribution in [0.2, 0.25) is 0 Å². The molecular weight excluding hydrogens is 310 g/mol. The molecule has 0 bridgehead atoms. The summed E-state index contributed by atoms with van der Waals surface area (Å²) in [6.45, 7) is 7.18. The Hall–Kier alpha value is -2.83. The first-order valence-corrected chi connectivity index (χ1v) is 7.45. The second-order valence-corrected chi connectivity index (χ2v) is 6.44. The van der Waals surface area contributed by atoms with Crippen LogP contribution in [0.5, 0.6) is 0 Å². The van der Waals surface area contributed by atoms with Crippen molar-refractivity contribution in [2.75, 3.05) is 5.32 Å². The van der Waals surface area contributed by atoms with E-state index in [-0.39, 0.29) is 5.82 Å². The number of benzene rings is 1. The number of carboxylic acids is 1. The molecule has 1 aromatic heterocycles. The fourth-order valence-corrected chi connectivity index (χ4v) is 2.18. The standard InChI is InChI=1S/C17H21N3O4/c1-10-13(19-14(15(21)22)20(10)5)11-6-8-12(9-7-11)18-16(23)24-17(2,3)4/h6-9H,1-5H3,(H,18,23)(H,21,22). The monoisotopic (exact) mass is 331 g/mol. The van der Waals surface area contributed by atoms with Crippen LogP contribution in [0.3, 0.4) is 0 Å². The molecule has 0 unspecified atom stereocenters. The molecule has 2 rings (SSSR count). The summed E-state index contributed by atoms with van der Waals surface area (Å²) in [5.41, 5.74) is 2.13. The molecule has 0 radical (unpaired) electrons. The van der Waals surface area contributed by atoms with E-state index in [1.165, 1.54) is 4.57 Å². The van der Waals surface area contributed by atoms with Crippen molar-refractivity contribution < 1.29 is 19.4 Å². The van der Waals surface area contributed by atoms with E-state index < -0.39 is 17.7 Å². The minimum absolute atomic E-state index is 0.0153. The molecular formula is C17H21N3O4. The second-order valence-electron chi connectivity index (χ2n) is 6.44. The van der Waals surface area contributed by atoms with Gasteiger partial charge in [-0.2, -0.15) is 0 Å². The third-order valence-electron chi connectivity index (χ3n) is 3.38. The minimum atomic E-state index is -1.07. The van der Waals surface area contributed by atoms with Crippen LogP contribution in [-0.4, -0.2) is 32.3 Å². The Balaban J connectivity index is 2.20. The summed E-state index contributed by atoms with van der Waals surface area (Å²) in [6, 6.07) is 6.98. The summed E-state index contributed by atoms with van der Waals surface area (Å²) < 4.78 is 6.72. The van der Waals surface area contributed by atoms with Gasteiger partial charge in [-0.05, 0) is 39.8 Å². The molecule has 0 fully saturated rings. The van der Waals surface area contributed by atoms with E-state index in [0.29, 0.717) is 11.4 Å². The van der Waals surface area contributed by atoms with Crippen molar-refractivity contribution in [1.29, 1.82) is 0 Å². The van der Waals surface area contributed by atoms with E-state index in [4.69, 9.17) is 9.84 Å². The number of carboxylic acid groups (broad SMARTS) is 1. The number of rotatable bonds is 3. The van der Waals surface area contributed by atoms with Crippen molar-refractivity contribution in [3.63, 3.8) is 0 Å². The number of aromatic carboxylic acids is 1. The average molecular weight is 331 g/mol. The molecule has 0 aliphatic carbocycles. The van der Waals surface area contributed by atoms with Crippen LogP contribution < -0.4 is 5.32 Å². The Morgan fingerprint density at radius 2 is 1.79 bits per heavy atom. The van der Waals surface area contributed by atoms with Gasteiger partial charge in [-0.1, -0.05) is 12.1 Å². The number of nitrogens with zero attached hydrogens (tertiary/aromatic N) is 2. The summed E-state index contributed by atoms with van der Waals surface area (Å²) in [4.78, 5) is 27.1. The van der Waals surface area contributed by atoms with Crippen molar-refractivity contribution in [2.24, 2.45) is 7.05 Å². The predicted octanol–water partition coefficient (Wildman–Crippen LogP) is 3.44. The van der Waals surface area contributed by atoms with E-state index in [1.54, 1.807) is 52.1 Å². The van der Waals surface area contributed by atoms with Gasteiger partial charge in [-0.3, -0.25) is 5.32 Å². The van der Waals surface area contributed by atoms with Crippen LogP contribution in [-0.2, 0) is 11.8 Å². The molecule has 0 spiro atoms.